The van der Waals surface area contributed by atoms with Crippen molar-refractivity contribution in [3.63, 3.8) is 0 Å². The maximum Gasteiger partial charge on any atom is 0.163 e. The van der Waals surface area contributed by atoms with E-state index in [4.69, 9.17) is 26.8 Å². The van der Waals surface area contributed by atoms with Crippen LogP contribution in [0.5, 0.6) is 0 Å². The van der Waals surface area contributed by atoms with E-state index in [0.717, 1.165) is 33.9 Å². The highest BCUT2D eigenvalue weighted by Crippen LogP contribution is 2.50. The van der Waals surface area contributed by atoms with Crippen molar-refractivity contribution in [2.45, 2.75) is 51.2 Å². The number of aromatic nitrogens is 4. The van der Waals surface area contributed by atoms with Gasteiger partial charge in [-0.3, -0.25) is 4.98 Å². The summed E-state index contributed by atoms with van der Waals surface area (Å²) in [5, 5.41) is 2.52. The van der Waals surface area contributed by atoms with Crippen LogP contribution in [-0.4, -0.2) is 37.5 Å². The Morgan fingerprint density at radius 1 is 1.15 bits per heavy atom. The third-order valence-electron chi connectivity index (χ3n) is 6.99. The SMILES string of the molecule is C/C(=C\c1ccc2cc(Cl)cnc2c1)[C@H]1C[C@@H](n2ccc3c(N)ncnc32)[C@@H]2OC(C)(C)O[C@@H]21. The van der Waals surface area contributed by atoms with Gasteiger partial charge in [-0.15, -0.1) is 0 Å². The number of hydrogen-bond donors (Lipinski definition) is 1. The lowest BCUT2D eigenvalue weighted by molar-refractivity contribution is -0.158. The van der Waals surface area contributed by atoms with E-state index in [0.29, 0.717) is 10.8 Å². The smallest absolute Gasteiger partial charge is 0.163 e. The minimum Gasteiger partial charge on any atom is -0.383 e. The van der Waals surface area contributed by atoms with Crippen LogP contribution >= 0.6 is 11.6 Å². The van der Waals surface area contributed by atoms with Gasteiger partial charge in [-0.05, 0) is 51.0 Å². The summed E-state index contributed by atoms with van der Waals surface area (Å²) < 4.78 is 15.0. The number of benzene rings is 1. The van der Waals surface area contributed by atoms with E-state index in [-0.39, 0.29) is 24.2 Å². The van der Waals surface area contributed by atoms with E-state index < -0.39 is 5.79 Å². The molecule has 6 rings (SSSR count). The van der Waals surface area contributed by atoms with Crippen LogP contribution in [0.1, 0.15) is 38.8 Å². The van der Waals surface area contributed by atoms with Crippen LogP contribution in [-0.2, 0) is 9.47 Å². The average molecular weight is 476 g/mol. The Kier molecular flexibility index (Phi) is 4.92. The molecule has 8 heteroatoms. The van der Waals surface area contributed by atoms with Gasteiger partial charge in [-0.1, -0.05) is 35.4 Å². The fourth-order valence-electron chi connectivity index (χ4n) is 5.50. The van der Waals surface area contributed by atoms with Gasteiger partial charge in [-0.2, -0.15) is 0 Å². The number of pyridine rings is 1. The zero-order valence-electron chi connectivity index (χ0n) is 19.3. The lowest BCUT2D eigenvalue weighted by Gasteiger charge is -2.25. The van der Waals surface area contributed by atoms with Crippen molar-refractivity contribution in [2.75, 3.05) is 5.73 Å². The summed E-state index contributed by atoms with van der Waals surface area (Å²) in [7, 11) is 0. The number of rotatable bonds is 3. The molecule has 1 aliphatic carbocycles. The summed E-state index contributed by atoms with van der Waals surface area (Å²) in [6, 6.07) is 10.2. The van der Waals surface area contributed by atoms with Crippen molar-refractivity contribution in [3.05, 3.63) is 65.2 Å². The van der Waals surface area contributed by atoms with Gasteiger partial charge in [0.05, 0.1) is 28.1 Å². The number of hydrogen-bond acceptors (Lipinski definition) is 6. The van der Waals surface area contributed by atoms with Gasteiger partial charge in [-0.25, -0.2) is 9.97 Å². The van der Waals surface area contributed by atoms with Crippen LogP contribution in [0, 0.1) is 5.92 Å². The Morgan fingerprint density at radius 3 is 2.82 bits per heavy atom. The maximum atomic E-state index is 6.43. The molecule has 4 atom stereocenters. The summed E-state index contributed by atoms with van der Waals surface area (Å²) in [6.07, 6.45) is 8.19. The maximum absolute atomic E-state index is 6.43. The number of nitrogens with two attached hydrogens (primary N) is 1. The summed E-state index contributed by atoms with van der Waals surface area (Å²) in [4.78, 5) is 13.1. The predicted molar refractivity (Wildman–Crippen MR) is 133 cm³/mol. The summed E-state index contributed by atoms with van der Waals surface area (Å²) in [6.45, 7) is 6.13. The minimum absolute atomic E-state index is 0.0507. The van der Waals surface area contributed by atoms with Gasteiger partial charge in [0.25, 0.3) is 0 Å². The first-order chi connectivity index (χ1) is 16.3. The molecule has 3 aromatic heterocycles. The first-order valence-electron chi connectivity index (χ1n) is 11.5. The van der Waals surface area contributed by atoms with Crippen molar-refractivity contribution >= 4 is 45.4 Å². The zero-order chi connectivity index (χ0) is 23.6. The third kappa shape index (κ3) is 3.55. The molecule has 1 aromatic carbocycles. The van der Waals surface area contributed by atoms with E-state index in [2.05, 4.69) is 50.7 Å². The van der Waals surface area contributed by atoms with Gasteiger partial charge in [0.15, 0.2) is 5.79 Å². The van der Waals surface area contributed by atoms with Gasteiger partial charge in [0, 0.05) is 23.7 Å². The molecule has 2 N–H and O–H groups in total. The lowest BCUT2D eigenvalue weighted by Crippen LogP contribution is -2.27. The van der Waals surface area contributed by atoms with Crippen LogP contribution in [0.2, 0.25) is 5.02 Å². The molecule has 34 heavy (non-hydrogen) atoms. The average Bonchev–Trinajstić information content (AvgIpc) is 3.45. The highest BCUT2D eigenvalue weighted by Gasteiger charge is 2.55. The third-order valence-corrected chi connectivity index (χ3v) is 7.19. The fourth-order valence-corrected chi connectivity index (χ4v) is 5.67. The number of anilines is 1. The molecule has 0 spiro atoms. The Bertz CT molecular complexity index is 1450. The highest BCUT2D eigenvalue weighted by molar-refractivity contribution is 6.31. The Balaban J connectivity index is 1.37. The van der Waals surface area contributed by atoms with Crippen molar-refractivity contribution in [1.29, 1.82) is 0 Å². The van der Waals surface area contributed by atoms with Crippen LogP contribution in [0.3, 0.4) is 0 Å². The van der Waals surface area contributed by atoms with Crippen LogP contribution in [0.15, 0.2) is 54.6 Å². The number of ether oxygens (including phenoxy) is 2. The lowest BCUT2D eigenvalue weighted by atomic mass is 9.94. The molecule has 1 saturated carbocycles. The Morgan fingerprint density at radius 2 is 1.97 bits per heavy atom. The molecular formula is C26H26ClN5O2. The zero-order valence-corrected chi connectivity index (χ0v) is 20.0. The van der Waals surface area contributed by atoms with E-state index in [1.807, 2.05) is 32.2 Å². The van der Waals surface area contributed by atoms with Gasteiger partial charge in [0.1, 0.15) is 23.9 Å². The second kappa shape index (κ2) is 7.77. The number of fused-ring (bicyclic) bond motifs is 3. The minimum atomic E-state index is -0.643. The fraction of sp³-hybridized carbons (Fsp3) is 0.346. The first kappa shape index (κ1) is 21.5. The molecule has 4 aromatic rings. The Labute approximate surface area is 202 Å². The molecule has 174 valence electrons. The van der Waals surface area contributed by atoms with Crippen LogP contribution < -0.4 is 5.73 Å². The van der Waals surface area contributed by atoms with E-state index >= 15 is 0 Å². The summed E-state index contributed by atoms with van der Waals surface area (Å²) in [5.41, 5.74) is 10.2. The Hall–Kier alpha value is -3.00. The van der Waals surface area contributed by atoms with Crippen LogP contribution in [0.4, 0.5) is 5.82 Å². The number of halogens is 1. The number of nitrogens with zero attached hydrogens (tertiary/aromatic N) is 4. The second-order valence-corrected chi connectivity index (χ2v) is 10.1. The topological polar surface area (TPSA) is 88.1 Å². The molecule has 0 amide bonds. The molecule has 4 heterocycles. The van der Waals surface area contributed by atoms with Crippen molar-refractivity contribution in [1.82, 2.24) is 19.5 Å². The molecule has 1 aliphatic heterocycles. The summed E-state index contributed by atoms with van der Waals surface area (Å²) in [5.74, 6) is 0.0404. The highest BCUT2D eigenvalue weighted by atomic mass is 35.5. The van der Waals surface area contributed by atoms with Gasteiger partial charge >= 0.3 is 0 Å². The predicted octanol–water partition coefficient (Wildman–Crippen LogP) is 5.40. The molecule has 0 bridgehead atoms. The van der Waals surface area contributed by atoms with Crippen molar-refractivity contribution in [3.8, 4) is 0 Å². The van der Waals surface area contributed by atoms with E-state index in [9.17, 15) is 0 Å². The molecule has 7 nitrogen and oxygen atoms in total. The van der Waals surface area contributed by atoms with Crippen molar-refractivity contribution < 1.29 is 9.47 Å². The largest absolute Gasteiger partial charge is 0.383 e. The van der Waals surface area contributed by atoms with E-state index in [1.54, 1.807) is 6.20 Å². The van der Waals surface area contributed by atoms with Gasteiger partial charge in [0.2, 0.25) is 0 Å². The molecule has 0 radical (unpaired) electrons. The van der Waals surface area contributed by atoms with E-state index in [1.165, 1.54) is 11.9 Å². The van der Waals surface area contributed by atoms with Crippen LogP contribution in [0.25, 0.3) is 28.0 Å². The molecule has 0 unspecified atom stereocenters. The molecule has 2 aliphatic rings. The monoisotopic (exact) mass is 475 g/mol. The standard InChI is InChI=1S/C26H26ClN5O2/c1-14(8-15-4-5-16-10-17(27)12-29-20(16)9-15)19-11-21(23-22(19)33-26(2,3)34-23)32-7-6-18-24(28)30-13-31-25(18)32/h4-10,12-13,19,21-23H,11H2,1-3H3,(H2,28,30,31)/b14-8+/t19-,21-,22-,23+/m1/s1. The molecular weight excluding hydrogens is 450 g/mol. The molecule has 1 saturated heterocycles. The normalized spacial score (nSPS) is 26.4. The molecule has 2 fully saturated rings. The quantitative estimate of drug-likeness (QED) is 0.427. The second-order valence-electron chi connectivity index (χ2n) is 9.69. The van der Waals surface area contributed by atoms with Gasteiger partial charge < -0.3 is 19.8 Å². The first-order valence-corrected chi connectivity index (χ1v) is 11.8. The number of nitrogen functional groups attached to an aromatic ring is 1. The summed E-state index contributed by atoms with van der Waals surface area (Å²) >= 11 is 6.09. The van der Waals surface area contributed by atoms with Crippen molar-refractivity contribution in [2.24, 2.45) is 5.92 Å².